The number of carbonyl (C=O) groups is 2. The van der Waals surface area contributed by atoms with Crippen LogP contribution >= 0.6 is 22.6 Å². The third-order valence-corrected chi connectivity index (χ3v) is 4.62. The number of aryl methyl sites for hydroxylation is 1. The molecule has 2 aromatic rings. The van der Waals surface area contributed by atoms with Crippen molar-refractivity contribution in [3.05, 3.63) is 57.2 Å². The molecule has 0 heterocycles. The zero-order valence-corrected chi connectivity index (χ0v) is 16.2. The van der Waals surface area contributed by atoms with Gasteiger partial charge < -0.3 is 10.6 Å². The Hall–Kier alpha value is -1.89. The molecule has 126 valence electrons. The standard InChI is InChI=1S/C19H21IN2O2/c1-12(2)10-18(23)21-15-6-8-16(9-7-15)22-19(24)14-5-4-13(3)17(20)11-14/h4-9,11-12H,10H2,1-3H3,(H,21,23)(H,22,24). The lowest BCUT2D eigenvalue weighted by molar-refractivity contribution is -0.116. The molecule has 2 N–H and O–H groups in total. The Bertz CT molecular complexity index is 740. The van der Waals surface area contributed by atoms with Crippen LogP contribution in [0.5, 0.6) is 0 Å². The second-order valence-electron chi connectivity index (χ2n) is 6.14. The van der Waals surface area contributed by atoms with Crippen LogP contribution in [0.2, 0.25) is 0 Å². The summed E-state index contributed by atoms with van der Waals surface area (Å²) in [7, 11) is 0. The van der Waals surface area contributed by atoms with Crippen LogP contribution in [0.1, 0.15) is 36.2 Å². The Labute approximate surface area is 156 Å². The number of amides is 2. The van der Waals surface area contributed by atoms with Crippen LogP contribution in [-0.4, -0.2) is 11.8 Å². The fourth-order valence-electron chi connectivity index (χ4n) is 2.16. The van der Waals surface area contributed by atoms with Crippen molar-refractivity contribution in [3.63, 3.8) is 0 Å². The van der Waals surface area contributed by atoms with E-state index < -0.39 is 0 Å². The van der Waals surface area contributed by atoms with Gasteiger partial charge in [0.2, 0.25) is 5.91 Å². The highest BCUT2D eigenvalue weighted by Crippen LogP contribution is 2.17. The van der Waals surface area contributed by atoms with E-state index in [9.17, 15) is 9.59 Å². The number of carbonyl (C=O) groups excluding carboxylic acids is 2. The molecule has 0 aliphatic heterocycles. The third-order valence-electron chi connectivity index (χ3n) is 3.45. The van der Waals surface area contributed by atoms with E-state index in [1.54, 1.807) is 24.3 Å². The van der Waals surface area contributed by atoms with Crippen molar-refractivity contribution < 1.29 is 9.59 Å². The summed E-state index contributed by atoms with van der Waals surface area (Å²) in [5.41, 5.74) is 3.19. The summed E-state index contributed by atoms with van der Waals surface area (Å²) < 4.78 is 1.06. The van der Waals surface area contributed by atoms with Gasteiger partial charge in [0.25, 0.3) is 5.91 Å². The highest BCUT2D eigenvalue weighted by Gasteiger charge is 2.08. The Morgan fingerprint density at radius 1 is 1.00 bits per heavy atom. The molecule has 2 aromatic carbocycles. The molecule has 0 aromatic heterocycles. The fourth-order valence-corrected chi connectivity index (χ4v) is 2.67. The van der Waals surface area contributed by atoms with Crippen LogP contribution in [0.4, 0.5) is 11.4 Å². The maximum absolute atomic E-state index is 12.3. The van der Waals surface area contributed by atoms with Gasteiger partial charge >= 0.3 is 0 Å². The number of hydrogen-bond acceptors (Lipinski definition) is 2. The van der Waals surface area contributed by atoms with Crippen molar-refractivity contribution in [2.75, 3.05) is 10.6 Å². The molecule has 2 amide bonds. The van der Waals surface area contributed by atoms with Gasteiger partial charge in [-0.15, -0.1) is 0 Å². The van der Waals surface area contributed by atoms with Crippen LogP contribution in [0.3, 0.4) is 0 Å². The topological polar surface area (TPSA) is 58.2 Å². The lowest BCUT2D eigenvalue weighted by Gasteiger charge is -2.09. The molecule has 0 saturated heterocycles. The summed E-state index contributed by atoms with van der Waals surface area (Å²) in [4.78, 5) is 24.0. The van der Waals surface area contributed by atoms with Gasteiger partial charge in [-0.05, 0) is 77.4 Å². The molecule has 24 heavy (non-hydrogen) atoms. The van der Waals surface area contributed by atoms with E-state index in [1.807, 2.05) is 39.0 Å². The largest absolute Gasteiger partial charge is 0.326 e. The van der Waals surface area contributed by atoms with Crippen LogP contribution in [0.15, 0.2) is 42.5 Å². The monoisotopic (exact) mass is 436 g/mol. The Morgan fingerprint density at radius 2 is 1.58 bits per heavy atom. The molecule has 2 rings (SSSR count). The van der Waals surface area contributed by atoms with Crippen LogP contribution < -0.4 is 10.6 Å². The maximum Gasteiger partial charge on any atom is 0.255 e. The van der Waals surface area contributed by atoms with Gasteiger partial charge in [0.05, 0.1) is 0 Å². The lowest BCUT2D eigenvalue weighted by atomic mass is 10.1. The minimum atomic E-state index is -0.149. The summed E-state index contributed by atoms with van der Waals surface area (Å²) in [6, 6.07) is 12.7. The average Bonchev–Trinajstić information content (AvgIpc) is 2.51. The van der Waals surface area contributed by atoms with Crippen LogP contribution in [0, 0.1) is 16.4 Å². The lowest BCUT2D eigenvalue weighted by Crippen LogP contribution is -2.14. The molecule has 0 spiro atoms. The predicted molar refractivity (Wildman–Crippen MR) is 106 cm³/mol. The SMILES string of the molecule is Cc1ccc(C(=O)Nc2ccc(NC(=O)CC(C)C)cc2)cc1I. The first kappa shape index (κ1) is 18.4. The van der Waals surface area contributed by atoms with Crippen molar-refractivity contribution in [2.24, 2.45) is 5.92 Å². The number of halogens is 1. The Kier molecular flexibility index (Phi) is 6.36. The van der Waals surface area contributed by atoms with E-state index >= 15 is 0 Å². The summed E-state index contributed by atoms with van der Waals surface area (Å²) >= 11 is 2.22. The van der Waals surface area contributed by atoms with Crippen molar-refractivity contribution >= 4 is 45.8 Å². The average molecular weight is 436 g/mol. The molecule has 4 nitrogen and oxygen atoms in total. The van der Waals surface area contributed by atoms with Gasteiger partial charge in [-0.25, -0.2) is 0 Å². The Balaban J connectivity index is 1.99. The molecule has 5 heteroatoms. The van der Waals surface area contributed by atoms with E-state index in [2.05, 4.69) is 33.2 Å². The minimum absolute atomic E-state index is 0.00369. The van der Waals surface area contributed by atoms with Crippen molar-refractivity contribution in [3.8, 4) is 0 Å². The number of anilines is 2. The molecular formula is C19H21IN2O2. The van der Waals surface area contributed by atoms with E-state index in [0.29, 0.717) is 23.6 Å². The number of rotatable bonds is 5. The predicted octanol–water partition coefficient (Wildman–Crippen LogP) is 4.84. The van der Waals surface area contributed by atoms with Gasteiger partial charge in [-0.2, -0.15) is 0 Å². The van der Waals surface area contributed by atoms with Gasteiger partial charge in [0, 0.05) is 26.9 Å². The molecular weight excluding hydrogens is 415 g/mol. The Morgan fingerprint density at radius 3 is 2.12 bits per heavy atom. The first-order valence-corrected chi connectivity index (χ1v) is 8.90. The van der Waals surface area contributed by atoms with Crippen molar-refractivity contribution in [2.45, 2.75) is 27.2 Å². The second-order valence-corrected chi connectivity index (χ2v) is 7.30. The molecule has 0 saturated carbocycles. The highest BCUT2D eigenvalue weighted by molar-refractivity contribution is 14.1. The van der Waals surface area contributed by atoms with E-state index in [1.165, 1.54) is 0 Å². The molecule has 0 atom stereocenters. The van der Waals surface area contributed by atoms with Crippen LogP contribution in [-0.2, 0) is 4.79 Å². The van der Waals surface area contributed by atoms with Gasteiger partial charge in [-0.1, -0.05) is 19.9 Å². The summed E-state index contributed by atoms with van der Waals surface area (Å²) in [5.74, 6) is 0.168. The molecule has 0 fully saturated rings. The van der Waals surface area contributed by atoms with Crippen molar-refractivity contribution in [1.29, 1.82) is 0 Å². The smallest absolute Gasteiger partial charge is 0.255 e. The normalized spacial score (nSPS) is 10.5. The molecule has 0 unspecified atom stereocenters. The van der Waals surface area contributed by atoms with E-state index in [4.69, 9.17) is 0 Å². The van der Waals surface area contributed by atoms with Crippen molar-refractivity contribution in [1.82, 2.24) is 0 Å². The van der Waals surface area contributed by atoms with Crippen LogP contribution in [0.25, 0.3) is 0 Å². The maximum atomic E-state index is 12.3. The van der Waals surface area contributed by atoms with E-state index in [-0.39, 0.29) is 11.8 Å². The van der Waals surface area contributed by atoms with E-state index in [0.717, 1.165) is 14.8 Å². The summed E-state index contributed by atoms with van der Waals surface area (Å²) in [5, 5.41) is 5.71. The zero-order valence-electron chi connectivity index (χ0n) is 14.0. The number of hydrogen-bond donors (Lipinski definition) is 2. The van der Waals surface area contributed by atoms with Gasteiger partial charge in [0.1, 0.15) is 0 Å². The summed E-state index contributed by atoms with van der Waals surface area (Å²) in [6.45, 7) is 6.02. The van der Waals surface area contributed by atoms with Gasteiger partial charge in [0.15, 0.2) is 0 Å². The third kappa shape index (κ3) is 5.33. The first-order chi connectivity index (χ1) is 11.3. The molecule has 0 aliphatic rings. The number of nitrogens with one attached hydrogen (secondary N) is 2. The second kappa shape index (κ2) is 8.28. The molecule has 0 bridgehead atoms. The quantitative estimate of drug-likeness (QED) is 0.660. The fraction of sp³-hybridized carbons (Fsp3) is 0.263. The summed E-state index contributed by atoms with van der Waals surface area (Å²) in [6.07, 6.45) is 0.491. The zero-order chi connectivity index (χ0) is 17.7. The highest BCUT2D eigenvalue weighted by atomic mass is 127. The minimum Gasteiger partial charge on any atom is -0.326 e. The molecule has 0 aliphatic carbocycles. The number of benzene rings is 2. The van der Waals surface area contributed by atoms with Gasteiger partial charge in [-0.3, -0.25) is 9.59 Å². The molecule has 0 radical (unpaired) electrons. The first-order valence-electron chi connectivity index (χ1n) is 7.82.